The molecule has 1 aromatic carbocycles. The summed E-state index contributed by atoms with van der Waals surface area (Å²) in [5.74, 6) is 0.885. The molecule has 1 atom stereocenters. The molecule has 0 fully saturated rings. The number of nitriles is 1. The van der Waals surface area contributed by atoms with Crippen LogP contribution in [0.15, 0.2) is 24.3 Å². The molecule has 0 radical (unpaired) electrons. The smallest absolute Gasteiger partial charge is 0.119 e. The van der Waals surface area contributed by atoms with Crippen LogP contribution in [0.5, 0.6) is 5.75 Å². The molecule has 3 heteroatoms. The molecule has 0 aliphatic carbocycles. The van der Waals surface area contributed by atoms with Crippen molar-refractivity contribution in [3.8, 4) is 11.8 Å². The first-order chi connectivity index (χ1) is 9.13. The molecule has 2 N–H and O–H groups in total. The number of nitrogens with two attached hydrogens (primary N) is 1. The number of benzene rings is 1. The van der Waals surface area contributed by atoms with Gasteiger partial charge < -0.3 is 10.5 Å². The van der Waals surface area contributed by atoms with Crippen molar-refractivity contribution < 1.29 is 4.74 Å². The third-order valence-electron chi connectivity index (χ3n) is 3.35. The van der Waals surface area contributed by atoms with Crippen LogP contribution in [0.4, 0.5) is 0 Å². The Balaban J connectivity index is 2.32. The Labute approximate surface area is 116 Å². The lowest BCUT2D eigenvalue weighted by atomic mass is 9.94. The molecule has 1 rings (SSSR count). The topological polar surface area (TPSA) is 59.0 Å². The molecule has 0 aliphatic rings. The van der Waals surface area contributed by atoms with Crippen molar-refractivity contribution in [1.82, 2.24) is 0 Å². The lowest BCUT2D eigenvalue weighted by molar-refractivity contribution is 0.291. The van der Waals surface area contributed by atoms with E-state index in [0.29, 0.717) is 19.4 Å². The average molecular weight is 260 g/mol. The highest BCUT2D eigenvalue weighted by Gasteiger charge is 2.20. The van der Waals surface area contributed by atoms with Gasteiger partial charge in [0.25, 0.3) is 0 Å². The zero-order valence-corrected chi connectivity index (χ0v) is 12.0. The highest BCUT2D eigenvalue weighted by Crippen LogP contribution is 2.16. The molecule has 0 spiro atoms. The SMILES string of the molecule is CCCc1ccc(OCCCC(N)(C#N)CC)cc1. The van der Waals surface area contributed by atoms with Crippen LogP contribution in [0.3, 0.4) is 0 Å². The van der Waals surface area contributed by atoms with Crippen molar-refractivity contribution >= 4 is 0 Å². The van der Waals surface area contributed by atoms with Crippen LogP contribution >= 0.6 is 0 Å². The standard InChI is InChI=1S/C16H24N2O/c1-3-6-14-7-9-15(10-8-14)19-12-5-11-16(18,4-2)13-17/h7-10H,3-6,11-12,18H2,1-2H3. The number of hydrogen-bond acceptors (Lipinski definition) is 3. The molecular formula is C16H24N2O. The van der Waals surface area contributed by atoms with E-state index in [9.17, 15) is 0 Å². The third kappa shape index (κ3) is 5.32. The Hall–Kier alpha value is -1.53. The average Bonchev–Trinajstić information content (AvgIpc) is 2.45. The summed E-state index contributed by atoms with van der Waals surface area (Å²) in [6, 6.07) is 10.4. The van der Waals surface area contributed by atoms with E-state index in [-0.39, 0.29) is 0 Å². The van der Waals surface area contributed by atoms with Crippen LogP contribution in [-0.2, 0) is 6.42 Å². The predicted octanol–water partition coefficient (Wildman–Crippen LogP) is 3.43. The van der Waals surface area contributed by atoms with E-state index in [2.05, 4.69) is 25.1 Å². The highest BCUT2D eigenvalue weighted by atomic mass is 16.5. The van der Waals surface area contributed by atoms with Crippen LogP contribution in [0.25, 0.3) is 0 Å². The first-order valence-electron chi connectivity index (χ1n) is 7.05. The Morgan fingerprint density at radius 3 is 2.47 bits per heavy atom. The fourth-order valence-electron chi connectivity index (χ4n) is 1.93. The van der Waals surface area contributed by atoms with Gasteiger partial charge in [-0.15, -0.1) is 0 Å². The van der Waals surface area contributed by atoms with Crippen LogP contribution in [-0.4, -0.2) is 12.1 Å². The van der Waals surface area contributed by atoms with Gasteiger partial charge in [0.2, 0.25) is 0 Å². The summed E-state index contributed by atoms with van der Waals surface area (Å²) in [5.41, 5.74) is 6.55. The van der Waals surface area contributed by atoms with Gasteiger partial charge in [-0.25, -0.2) is 0 Å². The summed E-state index contributed by atoms with van der Waals surface area (Å²) in [6.45, 7) is 4.72. The summed E-state index contributed by atoms with van der Waals surface area (Å²) in [4.78, 5) is 0. The van der Waals surface area contributed by atoms with E-state index in [1.54, 1.807) is 0 Å². The molecule has 0 aliphatic heterocycles. The fraction of sp³-hybridized carbons (Fsp3) is 0.562. The van der Waals surface area contributed by atoms with Crippen molar-refractivity contribution in [2.45, 2.75) is 51.5 Å². The van der Waals surface area contributed by atoms with Gasteiger partial charge >= 0.3 is 0 Å². The number of hydrogen-bond donors (Lipinski definition) is 1. The monoisotopic (exact) mass is 260 g/mol. The van der Waals surface area contributed by atoms with Gasteiger partial charge in [-0.05, 0) is 43.4 Å². The summed E-state index contributed by atoms with van der Waals surface area (Å²) in [7, 11) is 0. The zero-order chi connectivity index (χ0) is 14.1. The predicted molar refractivity (Wildman–Crippen MR) is 78.0 cm³/mol. The van der Waals surface area contributed by atoms with E-state index in [1.165, 1.54) is 5.56 Å². The number of aryl methyl sites for hydroxylation is 1. The largest absolute Gasteiger partial charge is 0.494 e. The third-order valence-corrected chi connectivity index (χ3v) is 3.35. The normalized spacial score (nSPS) is 13.6. The van der Waals surface area contributed by atoms with Crippen LogP contribution in [0.2, 0.25) is 0 Å². The molecule has 0 saturated heterocycles. The maximum Gasteiger partial charge on any atom is 0.119 e. The number of ether oxygens (including phenoxy) is 1. The highest BCUT2D eigenvalue weighted by molar-refractivity contribution is 5.27. The second kappa shape index (κ2) is 7.81. The molecule has 3 nitrogen and oxygen atoms in total. The fourth-order valence-corrected chi connectivity index (χ4v) is 1.93. The van der Waals surface area contributed by atoms with Crippen LogP contribution in [0.1, 0.15) is 45.1 Å². The molecule has 0 saturated carbocycles. The molecule has 19 heavy (non-hydrogen) atoms. The second-order valence-electron chi connectivity index (χ2n) is 4.97. The first kappa shape index (κ1) is 15.5. The molecular weight excluding hydrogens is 236 g/mol. The molecule has 0 heterocycles. The molecule has 104 valence electrons. The lowest BCUT2D eigenvalue weighted by Crippen LogP contribution is -2.37. The van der Waals surface area contributed by atoms with Crippen molar-refractivity contribution in [3.05, 3.63) is 29.8 Å². The molecule has 0 amide bonds. The minimum atomic E-state index is -0.700. The molecule has 0 bridgehead atoms. The number of rotatable bonds is 8. The van der Waals surface area contributed by atoms with Crippen molar-refractivity contribution in [3.63, 3.8) is 0 Å². The molecule has 0 aromatic heterocycles. The number of nitrogens with zero attached hydrogens (tertiary/aromatic N) is 1. The Kier molecular flexibility index (Phi) is 6.38. The summed E-state index contributed by atoms with van der Waals surface area (Å²) in [5, 5.41) is 8.97. The Bertz CT molecular complexity index is 408. The van der Waals surface area contributed by atoms with Gasteiger partial charge in [0, 0.05) is 0 Å². The van der Waals surface area contributed by atoms with E-state index in [1.807, 2.05) is 19.1 Å². The first-order valence-corrected chi connectivity index (χ1v) is 7.05. The minimum absolute atomic E-state index is 0.605. The maximum absolute atomic E-state index is 8.97. The van der Waals surface area contributed by atoms with Crippen molar-refractivity contribution in [1.29, 1.82) is 5.26 Å². The minimum Gasteiger partial charge on any atom is -0.494 e. The molecule has 1 aromatic rings. The summed E-state index contributed by atoms with van der Waals surface area (Å²) < 4.78 is 5.66. The van der Waals surface area contributed by atoms with E-state index >= 15 is 0 Å². The van der Waals surface area contributed by atoms with Gasteiger partial charge in [-0.2, -0.15) is 5.26 Å². The Morgan fingerprint density at radius 1 is 1.26 bits per heavy atom. The maximum atomic E-state index is 8.97. The van der Waals surface area contributed by atoms with Gasteiger partial charge in [0.05, 0.1) is 12.7 Å². The van der Waals surface area contributed by atoms with Gasteiger partial charge in [-0.1, -0.05) is 32.4 Å². The quantitative estimate of drug-likeness (QED) is 0.728. The van der Waals surface area contributed by atoms with Gasteiger partial charge in [0.15, 0.2) is 0 Å². The van der Waals surface area contributed by atoms with Gasteiger partial charge in [-0.3, -0.25) is 0 Å². The van der Waals surface area contributed by atoms with Crippen molar-refractivity contribution in [2.75, 3.05) is 6.61 Å². The van der Waals surface area contributed by atoms with Gasteiger partial charge in [0.1, 0.15) is 11.3 Å². The Morgan fingerprint density at radius 2 is 1.95 bits per heavy atom. The van der Waals surface area contributed by atoms with E-state index in [0.717, 1.165) is 25.0 Å². The molecule has 1 unspecified atom stereocenters. The summed E-state index contributed by atoms with van der Waals surface area (Å²) in [6.07, 6.45) is 4.41. The van der Waals surface area contributed by atoms with Crippen LogP contribution in [0, 0.1) is 11.3 Å². The van der Waals surface area contributed by atoms with Crippen LogP contribution < -0.4 is 10.5 Å². The van der Waals surface area contributed by atoms with Crippen molar-refractivity contribution in [2.24, 2.45) is 5.73 Å². The zero-order valence-electron chi connectivity index (χ0n) is 12.0. The summed E-state index contributed by atoms with van der Waals surface area (Å²) >= 11 is 0. The van der Waals surface area contributed by atoms with E-state index < -0.39 is 5.54 Å². The van der Waals surface area contributed by atoms with E-state index in [4.69, 9.17) is 15.7 Å². The lowest BCUT2D eigenvalue weighted by Gasteiger charge is -2.18. The second-order valence-corrected chi connectivity index (χ2v) is 4.97.